The SMILES string of the molecule is Cc1cc(C(=O)N[C@@H](CO)C(=O)O)sc1C. The first-order valence-corrected chi connectivity index (χ1v) is 5.49. The van der Waals surface area contributed by atoms with Crippen LogP contribution in [0.4, 0.5) is 0 Å². The van der Waals surface area contributed by atoms with Gasteiger partial charge in [0.05, 0.1) is 11.5 Å². The van der Waals surface area contributed by atoms with Crippen molar-refractivity contribution < 1.29 is 19.8 Å². The average molecular weight is 243 g/mol. The van der Waals surface area contributed by atoms with E-state index in [0.29, 0.717) is 4.88 Å². The molecule has 16 heavy (non-hydrogen) atoms. The number of hydrogen-bond acceptors (Lipinski definition) is 4. The molecule has 1 rings (SSSR count). The minimum Gasteiger partial charge on any atom is -0.480 e. The van der Waals surface area contributed by atoms with Gasteiger partial charge in [-0.25, -0.2) is 4.79 Å². The highest BCUT2D eigenvalue weighted by Crippen LogP contribution is 2.20. The van der Waals surface area contributed by atoms with E-state index in [9.17, 15) is 9.59 Å². The highest BCUT2D eigenvalue weighted by atomic mass is 32.1. The van der Waals surface area contributed by atoms with Crippen LogP contribution in [0.2, 0.25) is 0 Å². The Bertz CT molecular complexity index is 393. The third kappa shape index (κ3) is 2.80. The fourth-order valence-electron chi connectivity index (χ4n) is 1.10. The van der Waals surface area contributed by atoms with Crippen molar-refractivity contribution in [3.05, 3.63) is 21.4 Å². The quantitative estimate of drug-likeness (QED) is 0.720. The fourth-order valence-corrected chi connectivity index (χ4v) is 2.04. The zero-order valence-corrected chi connectivity index (χ0v) is 9.80. The molecule has 3 N–H and O–H groups in total. The molecule has 0 aliphatic rings. The van der Waals surface area contributed by atoms with Crippen LogP contribution >= 0.6 is 11.3 Å². The molecule has 0 saturated heterocycles. The smallest absolute Gasteiger partial charge is 0.328 e. The van der Waals surface area contributed by atoms with Crippen molar-refractivity contribution >= 4 is 23.2 Å². The molecule has 0 radical (unpaired) electrons. The van der Waals surface area contributed by atoms with Crippen LogP contribution in [0.1, 0.15) is 20.1 Å². The Morgan fingerprint density at radius 3 is 2.50 bits per heavy atom. The summed E-state index contributed by atoms with van der Waals surface area (Å²) in [7, 11) is 0. The van der Waals surface area contributed by atoms with Gasteiger partial charge in [0.15, 0.2) is 6.04 Å². The highest BCUT2D eigenvalue weighted by Gasteiger charge is 2.20. The number of aryl methyl sites for hydroxylation is 2. The first kappa shape index (κ1) is 12.7. The van der Waals surface area contributed by atoms with Crippen LogP contribution in [0.25, 0.3) is 0 Å². The lowest BCUT2D eigenvalue weighted by molar-refractivity contribution is -0.140. The molecule has 1 heterocycles. The number of carboxylic acids is 1. The normalized spacial score (nSPS) is 12.2. The molecule has 1 amide bonds. The zero-order valence-electron chi connectivity index (χ0n) is 8.98. The molecule has 1 aromatic rings. The Morgan fingerprint density at radius 2 is 2.12 bits per heavy atom. The molecular formula is C10H13NO4S. The summed E-state index contributed by atoms with van der Waals surface area (Å²) in [5.74, 6) is -1.72. The lowest BCUT2D eigenvalue weighted by atomic mass is 10.2. The molecule has 0 fully saturated rings. The Labute approximate surface area is 96.7 Å². The topological polar surface area (TPSA) is 86.6 Å². The van der Waals surface area contributed by atoms with Gasteiger partial charge in [-0.1, -0.05) is 0 Å². The highest BCUT2D eigenvalue weighted by molar-refractivity contribution is 7.14. The van der Waals surface area contributed by atoms with Crippen LogP contribution in [0.3, 0.4) is 0 Å². The van der Waals surface area contributed by atoms with Crippen molar-refractivity contribution in [3.8, 4) is 0 Å². The summed E-state index contributed by atoms with van der Waals surface area (Å²) in [6.07, 6.45) is 0. The summed E-state index contributed by atoms with van der Waals surface area (Å²) in [6, 6.07) is 0.446. The second-order valence-electron chi connectivity index (χ2n) is 3.40. The number of carboxylic acid groups (broad SMARTS) is 1. The minimum absolute atomic E-state index is 0.453. The molecular weight excluding hydrogens is 230 g/mol. The number of nitrogens with one attached hydrogen (secondary N) is 1. The lowest BCUT2D eigenvalue weighted by Crippen LogP contribution is -2.43. The van der Waals surface area contributed by atoms with Gasteiger partial charge in [0, 0.05) is 4.88 Å². The van der Waals surface area contributed by atoms with E-state index >= 15 is 0 Å². The number of aliphatic carboxylic acids is 1. The van der Waals surface area contributed by atoms with Crippen LogP contribution in [-0.4, -0.2) is 34.7 Å². The van der Waals surface area contributed by atoms with Crippen LogP contribution in [0, 0.1) is 13.8 Å². The zero-order chi connectivity index (χ0) is 12.3. The third-order valence-electron chi connectivity index (χ3n) is 2.18. The van der Waals surface area contributed by atoms with E-state index in [1.807, 2.05) is 13.8 Å². The molecule has 0 spiro atoms. The van der Waals surface area contributed by atoms with E-state index in [0.717, 1.165) is 10.4 Å². The predicted octanol–water partition coefficient (Wildman–Crippen LogP) is 0.540. The molecule has 0 aliphatic carbocycles. The maximum atomic E-state index is 11.6. The van der Waals surface area contributed by atoms with Gasteiger partial charge in [-0.05, 0) is 25.5 Å². The predicted molar refractivity (Wildman–Crippen MR) is 59.8 cm³/mol. The summed E-state index contributed by atoms with van der Waals surface area (Å²) in [6.45, 7) is 3.14. The van der Waals surface area contributed by atoms with Gasteiger partial charge in [0.25, 0.3) is 5.91 Å². The van der Waals surface area contributed by atoms with Crippen molar-refractivity contribution in [2.24, 2.45) is 0 Å². The molecule has 1 atom stereocenters. The monoisotopic (exact) mass is 243 g/mol. The second kappa shape index (κ2) is 5.09. The molecule has 0 aliphatic heterocycles. The fraction of sp³-hybridized carbons (Fsp3) is 0.400. The molecule has 5 nitrogen and oxygen atoms in total. The number of thiophene rings is 1. The van der Waals surface area contributed by atoms with Gasteiger partial charge in [0.2, 0.25) is 0 Å². The van der Waals surface area contributed by atoms with Gasteiger partial charge in [-0.15, -0.1) is 11.3 Å². The summed E-state index contributed by atoms with van der Waals surface area (Å²) in [5.41, 5.74) is 0.992. The maximum Gasteiger partial charge on any atom is 0.328 e. The molecule has 0 bridgehead atoms. The number of rotatable bonds is 4. The van der Waals surface area contributed by atoms with Gasteiger partial charge >= 0.3 is 5.97 Å². The summed E-state index contributed by atoms with van der Waals surface area (Å²) < 4.78 is 0. The number of carbonyl (C=O) groups excluding carboxylic acids is 1. The molecule has 0 saturated carbocycles. The van der Waals surface area contributed by atoms with Crippen LogP contribution in [0.5, 0.6) is 0 Å². The van der Waals surface area contributed by atoms with Crippen molar-refractivity contribution in [2.75, 3.05) is 6.61 Å². The summed E-state index contributed by atoms with van der Waals surface area (Å²) in [5, 5.41) is 19.7. The van der Waals surface area contributed by atoms with Gasteiger partial charge in [0.1, 0.15) is 0 Å². The Morgan fingerprint density at radius 1 is 1.50 bits per heavy atom. The number of amides is 1. The standard InChI is InChI=1S/C10H13NO4S/c1-5-3-8(16-6(5)2)9(13)11-7(4-12)10(14)15/h3,7,12H,4H2,1-2H3,(H,11,13)(H,14,15)/t7-/m0/s1. The van der Waals surface area contributed by atoms with E-state index in [1.165, 1.54) is 11.3 Å². The maximum absolute atomic E-state index is 11.6. The van der Waals surface area contributed by atoms with Crippen molar-refractivity contribution in [3.63, 3.8) is 0 Å². The van der Waals surface area contributed by atoms with Gasteiger partial charge in [-0.2, -0.15) is 0 Å². The van der Waals surface area contributed by atoms with E-state index < -0.39 is 24.5 Å². The number of hydrogen-bond donors (Lipinski definition) is 3. The largest absolute Gasteiger partial charge is 0.480 e. The van der Waals surface area contributed by atoms with Crippen molar-refractivity contribution in [1.82, 2.24) is 5.32 Å². The molecule has 0 unspecified atom stereocenters. The van der Waals surface area contributed by atoms with Crippen LogP contribution in [0.15, 0.2) is 6.07 Å². The summed E-state index contributed by atoms with van der Waals surface area (Å²) in [4.78, 5) is 23.7. The minimum atomic E-state index is -1.25. The van der Waals surface area contributed by atoms with Gasteiger partial charge in [-0.3, -0.25) is 4.79 Å². The van der Waals surface area contributed by atoms with Crippen molar-refractivity contribution in [1.29, 1.82) is 0 Å². The Hall–Kier alpha value is -1.40. The van der Waals surface area contributed by atoms with Crippen LogP contribution < -0.4 is 5.32 Å². The van der Waals surface area contributed by atoms with Gasteiger partial charge < -0.3 is 15.5 Å². The van der Waals surface area contributed by atoms with E-state index in [1.54, 1.807) is 6.07 Å². The molecule has 0 aromatic carbocycles. The van der Waals surface area contributed by atoms with E-state index in [-0.39, 0.29) is 0 Å². The number of aliphatic hydroxyl groups is 1. The lowest BCUT2D eigenvalue weighted by Gasteiger charge is -2.10. The Kier molecular flexibility index (Phi) is 4.03. The van der Waals surface area contributed by atoms with E-state index in [2.05, 4.69) is 5.32 Å². The Balaban J connectivity index is 2.75. The average Bonchev–Trinajstić information content (AvgIpc) is 2.55. The number of carbonyl (C=O) groups is 2. The molecule has 1 aromatic heterocycles. The number of aliphatic hydroxyl groups excluding tert-OH is 1. The second-order valence-corrected chi connectivity index (χ2v) is 4.65. The molecule has 6 heteroatoms. The summed E-state index contributed by atoms with van der Waals surface area (Å²) >= 11 is 1.30. The van der Waals surface area contributed by atoms with E-state index in [4.69, 9.17) is 10.2 Å². The first-order chi connectivity index (χ1) is 7.45. The molecule has 88 valence electrons. The van der Waals surface area contributed by atoms with Crippen LogP contribution in [-0.2, 0) is 4.79 Å². The first-order valence-electron chi connectivity index (χ1n) is 4.67. The third-order valence-corrected chi connectivity index (χ3v) is 3.33. The van der Waals surface area contributed by atoms with Crippen molar-refractivity contribution in [2.45, 2.75) is 19.9 Å².